The van der Waals surface area contributed by atoms with E-state index in [1.54, 1.807) is 0 Å². The molecule has 0 aromatic carbocycles. The van der Waals surface area contributed by atoms with Crippen molar-refractivity contribution in [2.75, 3.05) is 0 Å². The highest BCUT2D eigenvalue weighted by atomic mass is 15.3. The van der Waals surface area contributed by atoms with Gasteiger partial charge in [0.05, 0.1) is 12.3 Å². The van der Waals surface area contributed by atoms with Crippen LogP contribution in [0.1, 0.15) is 52.4 Å². The first-order valence-corrected chi connectivity index (χ1v) is 6.82. The Kier molecular flexibility index (Phi) is 6.78. The van der Waals surface area contributed by atoms with Crippen molar-refractivity contribution < 1.29 is 0 Å². The van der Waals surface area contributed by atoms with E-state index in [0.29, 0.717) is 6.17 Å². The van der Waals surface area contributed by atoms with Crippen LogP contribution in [0, 0.1) is 0 Å². The summed E-state index contributed by atoms with van der Waals surface area (Å²) in [4.78, 5) is 2.19. The third-order valence-electron chi connectivity index (χ3n) is 3.20. The van der Waals surface area contributed by atoms with Crippen LogP contribution >= 0.6 is 0 Å². The first-order valence-electron chi connectivity index (χ1n) is 6.82. The van der Waals surface area contributed by atoms with Gasteiger partial charge in [0.1, 0.15) is 0 Å². The molecule has 0 fully saturated rings. The normalized spacial score (nSPS) is 21.1. The highest BCUT2D eigenvalue weighted by Crippen LogP contribution is 2.15. The molecule has 3 nitrogen and oxygen atoms in total. The molecule has 17 heavy (non-hydrogen) atoms. The fourth-order valence-corrected chi connectivity index (χ4v) is 2.20. The molecule has 0 bridgehead atoms. The first kappa shape index (κ1) is 14.1. The van der Waals surface area contributed by atoms with Crippen molar-refractivity contribution in [3.63, 3.8) is 0 Å². The van der Waals surface area contributed by atoms with Crippen LogP contribution in [0.5, 0.6) is 0 Å². The Morgan fingerprint density at radius 1 is 1.35 bits per heavy atom. The average Bonchev–Trinajstić information content (AvgIpc) is 2.76. The second kappa shape index (κ2) is 8.18. The van der Waals surface area contributed by atoms with Gasteiger partial charge in [-0.15, -0.1) is 0 Å². The lowest BCUT2D eigenvalue weighted by molar-refractivity contribution is 0.208. The maximum Gasteiger partial charge on any atom is 0.0995 e. The Balaban J connectivity index is 2.03. The minimum atomic E-state index is 0.0981. The maximum atomic E-state index is 5.90. The molecule has 0 amide bonds. The number of unbranched alkanes of at least 4 members (excludes halogenated alkanes) is 4. The third-order valence-corrected chi connectivity index (χ3v) is 3.20. The van der Waals surface area contributed by atoms with Gasteiger partial charge in [0.25, 0.3) is 0 Å². The van der Waals surface area contributed by atoms with Crippen LogP contribution < -0.4 is 11.1 Å². The number of rotatable bonds is 8. The van der Waals surface area contributed by atoms with Crippen LogP contribution in [-0.4, -0.2) is 17.2 Å². The van der Waals surface area contributed by atoms with Gasteiger partial charge in [0.2, 0.25) is 0 Å². The molecule has 0 aromatic heterocycles. The molecule has 0 spiro atoms. The van der Waals surface area contributed by atoms with Crippen LogP contribution in [0.25, 0.3) is 0 Å². The molecule has 3 heteroatoms. The quantitative estimate of drug-likeness (QED) is 0.504. The average molecular weight is 237 g/mol. The maximum absolute atomic E-state index is 5.90. The van der Waals surface area contributed by atoms with Crippen molar-refractivity contribution in [1.29, 1.82) is 0 Å². The third kappa shape index (κ3) is 5.26. The Morgan fingerprint density at radius 3 is 2.82 bits per heavy atom. The zero-order valence-electron chi connectivity index (χ0n) is 11.2. The highest BCUT2D eigenvalue weighted by Gasteiger charge is 2.20. The van der Waals surface area contributed by atoms with Crippen molar-refractivity contribution >= 4 is 0 Å². The Bertz CT molecular complexity index is 246. The predicted molar refractivity (Wildman–Crippen MR) is 74.1 cm³/mol. The number of nitrogens with one attached hydrogen (secondary N) is 1. The first-order chi connectivity index (χ1) is 8.25. The molecule has 0 radical (unpaired) electrons. The van der Waals surface area contributed by atoms with Gasteiger partial charge in [0.15, 0.2) is 0 Å². The molecular weight excluding hydrogens is 210 g/mol. The van der Waals surface area contributed by atoms with Gasteiger partial charge in [0, 0.05) is 12.4 Å². The summed E-state index contributed by atoms with van der Waals surface area (Å²) >= 11 is 0. The Hall–Kier alpha value is -0.960. The van der Waals surface area contributed by atoms with Crippen LogP contribution in [0.2, 0.25) is 0 Å². The van der Waals surface area contributed by atoms with Gasteiger partial charge < -0.3 is 16.0 Å². The molecule has 98 valence electrons. The van der Waals surface area contributed by atoms with Gasteiger partial charge in [-0.2, -0.15) is 0 Å². The molecule has 1 heterocycles. The molecule has 1 aliphatic heterocycles. The van der Waals surface area contributed by atoms with Gasteiger partial charge in [-0.25, -0.2) is 0 Å². The van der Waals surface area contributed by atoms with E-state index in [9.17, 15) is 0 Å². The van der Waals surface area contributed by atoms with Gasteiger partial charge in [-0.3, -0.25) is 0 Å². The number of nitrogens with two attached hydrogens (primary N) is 1. The topological polar surface area (TPSA) is 41.3 Å². The number of allylic oxidation sites excluding steroid dienone is 2. The van der Waals surface area contributed by atoms with Crippen LogP contribution in [0.4, 0.5) is 0 Å². The van der Waals surface area contributed by atoms with E-state index in [4.69, 9.17) is 5.73 Å². The van der Waals surface area contributed by atoms with E-state index in [2.05, 4.69) is 35.5 Å². The second-order valence-corrected chi connectivity index (χ2v) is 4.75. The van der Waals surface area contributed by atoms with E-state index in [1.807, 2.05) is 13.1 Å². The molecule has 1 rings (SSSR count). The van der Waals surface area contributed by atoms with E-state index >= 15 is 0 Å². The van der Waals surface area contributed by atoms with Gasteiger partial charge >= 0.3 is 0 Å². The summed E-state index contributed by atoms with van der Waals surface area (Å²) in [6, 6.07) is 0. The van der Waals surface area contributed by atoms with Crippen LogP contribution in [0.15, 0.2) is 24.6 Å². The highest BCUT2D eigenvalue weighted by molar-refractivity contribution is 4.95. The van der Waals surface area contributed by atoms with E-state index in [-0.39, 0.29) is 6.17 Å². The van der Waals surface area contributed by atoms with E-state index in [1.165, 1.54) is 38.5 Å². The molecule has 0 aliphatic carbocycles. The van der Waals surface area contributed by atoms with Crippen molar-refractivity contribution in [1.82, 2.24) is 10.2 Å². The lowest BCUT2D eigenvalue weighted by atomic mass is 10.1. The summed E-state index contributed by atoms with van der Waals surface area (Å²) in [6.45, 7) is 4.11. The fraction of sp³-hybridized carbons (Fsp3) is 0.714. The minimum Gasteiger partial charge on any atom is -0.370 e. The molecular formula is C14H27N3. The van der Waals surface area contributed by atoms with E-state index in [0.717, 1.165) is 0 Å². The van der Waals surface area contributed by atoms with Crippen LogP contribution in [0.3, 0.4) is 0 Å². The summed E-state index contributed by atoms with van der Waals surface area (Å²) < 4.78 is 0. The molecule has 2 atom stereocenters. The van der Waals surface area contributed by atoms with Gasteiger partial charge in [-0.05, 0) is 39.5 Å². The summed E-state index contributed by atoms with van der Waals surface area (Å²) in [7, 11) is 0. The second-order valence-electron chi connectivity index (χ2n) is 4.75. The Labute approximate surface area is 106 Å². The lowest BCUT2D eigenvalue weighted by Gasteiger charge is -2.28. The SMILES string of the molecule is C/C=C/CCCCCCC1NC=CN1C(C)N. The summed E-state index contributed by atoms with van der Waals surface area (Å²) in [5.74, 6) is 0. The smallest absolute Gasteiger partial charge is 0.0995 e. The zero-order chi connectivity index (χ0) is 12.5. The molecule has 1 aliphatic rings. The summed E-state index contributed by atoms with van der Waals surface area (Å²) in [5.41, 5.74) is 5.90. The summed E-state index contributed by atoms with van der Waals surface area (Å²) in [5, 5.41) is 3.35. The van der Waals surface area contributed by atoms with Crippen molar-refractivity contribution in [2.24, 2.45) is 5.73 Å². The number of nitrogens with zero attached hydrogens (tertiary/aromatic N) is 1. The minimum absolute atomic E-state index is 0.0981. The molecule has 0 aromatic rings. The lowest BCUT2D eigenvalue weighted by Crippen LogP contribution is -2.44. The van der Waals surface area contributed by atoms with Crippen LogP contribution in [-0.2, 0) is 0 Å². The largest absolute Gasteiger partial charge is 0.370 e. The van der Waals surface area contributed by atoms with Crippen molar-refractivity contribution in [3.05, 3.63) is 24.6 Å². The fourth-order valence-electron chi connectivity index (χ4n) is 2.20. The Morgan fingerprint density at radius 2 is 2.12 bits per heavy atom. The monoisotopic (exact) mass is 237 g/mol. The molecule has 3 N–H and O–H groups in total. The van der Waals surface area contributed by atoms with Crippen molar-refractivity contribution in [3.8, 4) is 0 Å². The number of hydrogen-bond donors (Lipinski definition) is 2. The molecule has 2 unspecified atom stereocenters. The standard InChI is InChI=1S/C14H27N3/c1-3-4-5-6-7-8-9-10-14-16-11-12-17(14)13(2)15/h3-4,11-14,16H,5-10,15H2,1-2H3/b4-3+. The summed E-state index contributed by atoms with van der Waals surface area (Å²) in [6.07, 6.45) is 16.6. The number of hydrogen-bond acceptors (Lipinski definition) is 3. The molecule has 0 saturated carbocycles. The van der Waals surface area contributed by atoms with Gasteiger partial charge in [-0.1, -0.05) is 25.0 Å². The zero-order valence-corrected chi connectivity index (χ0v) is 11.2. The molecule has 0 saturated heterocycles. The predicted octanol–water partition coefficient (Wildman–Crippen LogP) is 2.91. The van der Waals surface area contributed by atoms with E-state index < -0.39 is 0 Å². The van der Waals surface area contributed by atoms with Crippen molar-refractivity contribution in [2.45, 2.75) is 64.7 Å².